The zero-order valence-electron chi connectivity index (χ0n) is 12.3. The van der Waals surface area contributed by atoms with E-state index in [1.807, 2.05) is 24.3 Å². The van der Waals surface area contributed by atoms with E-state index in [4.69, 9.17) is 15.2 Å². The van der Waals surface area contributed by atoms with E-state index >= 15 is 0 Å². The number of methoxy groups -OCH3 is 1. The van der Waals surface area contributed by atoms with Crippen LogP contribution in [0.3, 0.4) is 0 Å². The van der Waals surface area contributed by atoms with Crippen LogP contribution in [0.2, 0.25) is 0 Å². The lowest BCUT2D eigenvalue weighted by atomic mass is 10.2. The second-order valence-corrected chi connectivity index (χ2v) is 4.61. The van der Waals surface area contributed by atoms with Gasteiger partial charge in [-0.3, -0.25) is 4.79 Å². The first-order valence-corrected chi connectivity index (χ1v) is 6.82. The fraction of sp³-hybridized carbons (Fsp3) is 0.533. The van der Waals surface area contributed by atoms with Crippen molar-refractivity contribution in [2.75, 3.05) is 33.9 Å². The lowest BCUT2D eigenvalue weighted by Gasteiger charge is -2.16. The van der Waals surface area contributed by atoms with Crippen LogP contribution in [0.4, 0.5) is 0 Å². The van der Waals surface area contributed by atoms with Gasteiger partial charge in [0.05, 0.1) is 26.7 Å². The third-order valence-corrected chi connectivity index (χ3v) is 2.99. The number of nitrogens with zero attached hydrogens (tertiary/aromatic N) is 1. The molecule has 1 rings (SSSR count). The summed E-state index contributed by atoms with van der Waals surface area (Å²) in [5, 5.41) is 0. The van der Waals surface area contributed by atoms with Crippen LogP contribution in [-0.2, 0) is 16.1 Å². The minimum atomic E-state index is 0.0871. The van der Waals surface area contributed by atoms with Crippen molar-refractivity contribution in [3.8, 4) is 5.75 Å². The Bertz CT molecular complexity index is 410. The van der Waals surface area contributed by atoms with Crippen molar-refractivity contribution in [1.29, 1.82) is 0 Å². The highest BCUT2D eigenvalue weighted by Gasteiger charge is 2.07. The van der Waals surface area contributed by atoms with Gasteiger partial charge < -0.3 is 20.1 Å². The number of carbonyl (C=O) groups is 1. The molecule has 0 spiro atoms. The second kappa shape index (κ2) is 9.34. The first-order chi connectivity index (χ1) is 9.67. The maximum Gasteiger partial charge on any atom is 0.224 e. The molecule has 112 valence electrons. The van der Waals surface area contributed by atoms with Crippen LogP contribution in [0.5, 0.6) is 5.75 Å². The van der Waals surface area contributed by atoms with E-state index < -0.39 is 0 Å². The van der Waals surface area contributed by atoms with Gasteiger partial charge in [-0.25, -0.2) is 0 Å². The van der Waals surface area contributed by atoms with Gasteiger partial charge in [-0.15, -0.1) is 0 Å². The van der Waals surface area contributed by atoms with Gasteiger partial charge in [0.2, 0.25) is 5.91 Å². The Kier molecular flexibility index (Phi) is 7.69. The lowest BCUT2D eigenvalue weighted by Crippen LogP contribution is -2.29. The van der Waals surface area contributed by atoms with Gasteiger partial charge in [0.15, 0.2) is 0 Å². The average Bonchev–Trinajstić information content (AvgIpc) is 2.49. The Morgan fingerprint density at radius 2 is 2.20 bits per heavy atom. The summed E-state index contributed by atoms with van der Waals surface area (Å²) in [6.45, 7) is 2.20. The fourth-order valence-corrected chi connectivity index (χ4v) is 1.76. The van der Waals surface area contributed by atoms with Crippen molar-refractivity contribution in [3.63, 3.8) is 0 Å². The van der Waals surface area contributed by atoms with E-state index in [0.717, 1.165) is 17.7 Å². The molecule has 0 unspecified atom stereocenters. The fourth-order valence-electron chi connectivity index (χ4n) is 1.76. The number of hydrogen-bond donors (Lipinski definition) is 1. The maximum atomic E-state index is 11.7. The topological polar surface area (TPSA) is 64.8 Å². The molecule has 0 bridgehead atoms. The number of ether oxygens (including phenoxy) is 2. The highest BCUT2D eigenvalue weighted by atomic mass is 16.5. The Morgan fingerprint density at radius 1 is 1.40 bits per heavy atom. The van der Waals surface area contributed by atoms with Crippen LogP contribution in [0, 0.1) is 0 Å². The van der Waals surface area contributed by atoms with Gasteiger partial charge in [-0.05, 0) is 30.7 Å². The first-order valence-electron chi connectivity index (χ1n) is 6.82. The van der Waals surface area contributed by atoms with Crippen LogP contribution < -0.4 is 10.5 Å². The number of nitrogens with two attached hydrogens (primary N) is 1. The first kappa shape index (κ1) is 16.5. The molecule has 0 saturated carbocycles. The van der Waals surface area contributed by atoms with E-state index in [1.54, 1.807) is 19.1 Å². The molecule has 5 heteroatoms. The number of hydrogen-bond acceptors (Lipinski definition) is 4. The molecule has 0 aromatic heterocycles. The zero-order chi connectivity index (χ0) is 14.8. The molecule has 1 aromatic carbocycles. The Labute approximate surface area is 120 Å². The average molecular weight is 280 g/mol. The van der Waals surface area contributed by atoms with E-state index in [9.17, 15) is 4.79 Å². The quantitative estimate of drug-likeness (QED) is 0.695. The summed E-state index contributed by atoms with van der Waals surface area (Å²) in [5.74, 6) is 0.896. The monoisotopic (exact) mass is 280 g/mol. The Balaban J connectivity index is 2.22. The van der Waals surface area contributed by atoms with Crippen LogP contribution >= 0.6 is 0 Å². The zero-order valence-corrected chi connectivity index (χ0v) is 12.3. The third kappa shape index (κ3) is 6.04. The number of carbonyl (C=O) groups excluding carboxylic acids is 1. The number of amides is 1. The smallest absolute Gasteiger partial charge is 0.224 e. The van der Waals surface area contributed by atoms with Crippen LogP contribution in [0.25, 0.3) is 0 Å². The summed E-state index contributed by atoms with van der Waals surface area (Å²) in [6, 6.07) is 7.70. The summed E-state index contributed by atoms with van der Waals surface area (Å²) in [7, 11) is 3.43. The van der Waals surface area contributed by atoms with E-state index in [-0.39, 0.29) is 5.91 Å². The van der Waals surface area contributed by atoms with Gasteiger partial charge in [0.25, 0.3) is 0 Å². The lowest BCUT2D eigenvalue weighted by molar-refractivity contribution is -0.131. The van der Waals surface area contributed by atoms with Crippen molar-refractivity contribution >= 4 is 5.91 Å². The SMILES string of the molecule is COc1cccc(COCCC(=O)N(C)CCCN)c1. The van der Waals surface area contributed by atoms with Crippen molar-refractivity contribution in [2.45, 2.75) is 19.4 Å². The van der Waals surface area contributed by atoms with Gasteiger partial charge in [0.1, 0.15) is 5.75 Å². The molecule has 0 atom stereocenters. The van der Waals surface area contributed by atoms with Crippen molar-refractivity contribution in [3.05, 3.63) is 29.8 Å². The maximum absolute atomic E-state index is 11.7. The summed E-state index contributed by atoms with van der Waals surface area (Å²) in [5.41, 5.74) is 6.45. The predicted molar refractivity (Wildman–Crippen MR) is 78.6 cm³/mol. The van der Waals surface area contributed by atoms with Crippen LogP contribution in [0.1, 0.15) is 18.4 Å². The standard InChI is InChI=1S/C15H24N2O3/c1-17(9-4-8-16)15(18)7-10-20-12-13-5-3-6-14(11-13)19-2/h3,5-6,11H,4,7-10,12,16H2,1-2H3. The summed E-state index contributed by atoms with van der Waals surface area (Å²) in [6.07, 6.45) is 1.22. The molecule has 2 N–H and O–H groups in total. The van der Waals surface area contributed by atoms with Gasteiger partial charge in [-0.1, -0.05) is 12.1 Å². The third-order valence-electron chi connectivity index (χ3n) is 2.99. The molecule has 0 saturated heterocycles. The van der Waals surface area contributed by atoms with Crippen molar-refractivity contribution < 1.29 is 14.3 Å². The van der Waals surface area contributed by atoms with Crippen LogP contribution in [-0.4, -0.2) is 44.7 Å². The van der Waals surface area contributed by atoms with E-state index in [0.29, 0.717) is 32.7 Å². The molecular formula is C15H24N2O3. The molecular weight excluding hydrogens is 256 g/mol. The normalized spacial score (nSPS) is 10.3. The van der Waals surface area contributed by atoms with E-state index in [2.05, 4.69) is 0 Å². The molecule has 0 aliphatic rings. The van der Waals surface area contributed by atoms with Gasteiger partial charge in [0, 0.05) is 13.6 Å². The molecule has 0 fully saturated rings. The molecule has 20 heavy (non-hydrogen) atoms. The van der Waals surface area contributed by atoms with Crippen molar-refractivity contribution in [1.82, 2.24) is 4.90 Å². The summed E-state index contributed by atoms with van der Waals surface area (Å²) >= 11 is 0. The summed E-state index contributed by atoms with van der Waals surface area (Å²) < 4.78 is 10.7. The minimum Gasteiger partial charge on any atom is -0.497 e. The molecule has 0 aliphatic heterocycles. The largest absolute Gasteiger partial charge is 0.497 e. The molecule has 1 aromatic rings. The number of benzene rings is 1. The van der Waals surface area contributed by atoms with Crippen LogP contribution in [0.15, 0.2) is 24.3 Å². The van der Waals surface area contributed by atoms with E-state index in [1.165, 1.54) is 0 Å². The predicted octanol–water partition coefficient (Wildman–Crippen LogP) is 1.41. The molecule has 0 heterocycles. The molecule has 5 nitrogen and oxygen atoms in total. The summed E-state index contributed by atoms with van der Waals surface area (Å²) in [4.78, 5) is 13.4. The molecule has 0 aliphatic carbocycles. The minimum absolute atomic E-state index is 0.0871. The Morgan fingerprint density at radius 3 is 2.90 bits per heavy atom. The highest BCUT2D eigenvalue weighted by Crippen LogP contribution is 2.13. The van der Waals surface area contributed by atoms with Gasteiger partial charge in [-0.2, -0.15) is 0 Å². The number of rotatable bonds is 9. The van der Waals surface area contributed by atoms with Crippen molar-refractivity contribution in [2.24, 2.45) is 5.73 Å². The second-order valence-electron chi connectivity index (χ2n) is 4.61. The highest BCUT2D eigenvalue weighted by molar-refractivity contribution is 5.75. The van der Waals surface area contributed by atoms with Gasteiger partial charge >= 0.3 is 0 Å². The molecule has 0 radical (unpaired) electrons. The Hall–Kier alpha value is -1.59. The molecule has 1 amide bonds.